The van der Waals surface area contributed by atoms with Gasteiger partial charge in [-0.2, -0.15) is 0 Å². The van der Waals surface area contributed by atoms with Gasteiger partial charge >= 0.3 is 0 Å². The number of carbonyl (C=O) groups is 2. The van der Waals surface area contributed by atoms with Gasteiger partial charge in [-0.3, -0.25) is 9.59 Å². The first-order valence-electron chi connectivity index (χ1n) is 11.2. The fourth-order valence-corrected chi connectivity index (χ4v) is 4.14. The molecule has 1 saturated heterocycles. The van der Waals surface area contributed by atoms with E-state index in [1.807, 2.05) is 33.9 Å². The molecule has 0 aliphatic carbocycles. The first kappa shape index (κ1) is 22.9. The highest BCUT2D eigenvalue weighted by Gasteiger charge is 2.27. The van der Waals surface area contributed by atoms with Crippen LogP contribution in [0.1, 0.15) is 50.9 Å². The number of rotatable bonds is 9. The third kappa shape index (κ3) is 5.56. The minimum atomic E-state index is -0.0443. The van der Waals surface area contributed by atoms with Gasteiger partial charge in [0.05, 0.1) is 13.2 Å². The molecule has 0 atom stereocenters. The Hall–Kier alpha value is -3.29. The highest BCUT2D eigenvalue weighted by atomic mass is 16.5. The molecule has 1 aromatic heterocycles. The number of hydrogen-bond acceptors (Lipinski definition) is 5. The molecule has 0 saturated carbocycles. The molecule has 2 aromatic carbocycles. The molecule has 1 aliphatic rings. The Balaban J connectivity index is 1.33. The first-order valence-corrected chi connectivity index (χ1v) is 11.2. The standard InChI is InChI=1S/C26H29N3O4/c1-32-17-18-33-19-29-16-13-27-25(29)22-11-14-28(15-12-22)26(31)23-9-7-21(8-10-23)24(30)20-5-3-2-4-6-20/h2-10,13,16,22H,11-12,14-15,17-19H2,1H3. The molecule has 7 nitrogen and oxygen atoms in total. The summed E-state index contributed by atoms with van der Waals surface area (Å²) in [6.45, 7) is 2.89. The lowest BCUT2D eigenvalue weighted by Crippen LogP contribution is -2.38. The van der Waals surface area contributed by atoms with E-state index >= 15 is 0 Å². The largest absolute Gasteiger partial charge is 0.382 e. The maximum absolute atomic E-state index is 13.0. The fourth-order valence-electron chi connectivity index (χ4n) is 4.14. The number of ether oxygens (including phenoxy) is 2. The van der Waals surface area contributed by atoms with Crippen LogP contribution < -0.4 is 0 Å². The second kappa shape index (κ2) is 11.0. The normalized spacial score (nSPS) is 14.4. The minimum absolute atomic E-state index is 0.00148. The summed E-state index contributed by atoms with van der Waals surface area (Å²) in [5.41, 5.74) is 1.82. The van der Waals surface area contributed by atoms with Crippen LogP contribution in [0, 0.1) is 0 Å². The highest BCUT2D eigenvalue weighted by molar-refractivity contribution is 6.09. The molecule has 0 unspecified atom stereocenters. The lowest BCUT2D eigenvalue weighted by molar-refractivity contribution is 0.0318. The molecule has 2 heterocycles. The number of piperidine rings is 1. The summed E-state index contributed by atoms with van der Waals surface area (Å²) in [7, 11) is 1.65. The number of benzene rings is 2. The van der Waals surface area contributed by atoms with Gasteiger partial charge in [-0.15, -0.1) is 0 Å². The molecule has 1 amide bonds. The van der Waals surface area contributed by atoms with Gasteiger partial charge in [0.2, 0.25) is 0 Å². The quantitative estimate of drug-likeness (QED) is 0.369. The number of hydrogen-bond donors (Lipinski definition) is 0. The lowest BCUT2D eigenvalue weighted by Gasteiger charge is -2.32. The Morgan fingerprint density at radius 1 is 0.939 bits per heavy atom. The molecule has 172 valence electrons. The van der Waals surface area contributed by atoms with Crippen LogP contribution in [0.25, 0.3) is 0 Å². The van der Waals surface area contributed by atoms with Crippen LogP contribution in [0.15, 0.2) is 67.0 Å². The van der Waals surface area contributed by atoms with E-state index in [9.17, 15) is 9.59 Å². The number of imidazole rings is 1. The molecule has 0 spiro atoms. The van der Waals surface area contributed by atoms with E-state index in [1.165, 1.54) is 0 Å². The van der Waals surface area contributed by atoms with Crippen LogP contribution >= 0.6 is 0 Å². The monoisotopic (exact) mass is 447 g/mol. The topological polar surface area (TPSA) is 73.7 Å². The zero-order valence-corrected chi connectivity index (χ0v) is 18.9. The number of ketones is 1. The molecule has 33 heavy (non-hydrogen) atoms. The van der Waals surface area contributed by atoms with Crippen molar-refractivity contribution in [1.82, 2.24) is 14.5 Å². The molecule has 1 fully saturated rings. The zero-order valence-electron chi connectivity index (χ0n) is 18.9. The van der Waals surface area contributed by atoms with Crippen LogP contribution in [0.2, 0.25) is 0 Å². The van der Waals surface area contributed by atoms with Gasteiger partial charge in [-0.1, -0.05) is 42.5 Å². The Morgan fingerprint density at radius 3 is 2.30 bits per heavy atom. The van der Waals surface area contributed by atoms with Crippen molar-refractivity contribution in [2.75, 3.05) is 33.4 Å². The first-order chi connectivity index (χ1) is 16.2. The predicted octanol–water partition coefficient (Wildman–Crippen LogP) is 3.75. The number of nitrogens with zero attached hydrogens (tertiary/aromatic N) is 3. The van der Waals surface area contributed by atoms with E-state index in [0.717, 1.165) is 18.7 Å². The van der Waals surface area contributed by atoms with E-state index in [-0.39, 0.29) is 11.7 Å². The molecule has 0 N–H and O–H groups in total. The number of likely N-dealkylation sites (tertiary alicyclic amines) is 1. The van der Waals surface area contributed by atoms with Crippen molar-refractivity contribution in [1.29, 1.82) is 0 Å². The zero-order chi connectivity index (χ0) is 23.0. The third-order valence-corrected chi connectivity index (χ3v) is 5.99. The summed E-state index contributed by atoms with van der Waals surface area (Å²) in [6.07, 6.45) is 5.43. The van der Waals surface area contributed by atoms with Gasteiger partial charge in [0.1, 0.15) is 12.6 Å². The van der Waals surface area contributed by atoms with Crippen LogP contribution in [0.3, 0.4) is 0 Å². The smallest absolute Gasteiger partial charge is 0.253 e. The summed E-state index contributed by atoms with van der Waals surface area (Å²) >= 11 is 0. The van der Waals surface area contributed by atoms with Crippen LogP contribution in [0.4, 0.5) is 0 Å². The summed E-state index contributed by atoms with van der Waals surface area (Å²) in [5.74, 6) is 1.25. The van der Waals surface area contributed by atoms with Crippen molar-refractivity contribution in [3.05, 3.63) is 89.5 Å². The second-order valence-electron chi connectivity index (χ2n) is 8.12. The maximum Gasteiger partial charge on any atom is 0.253 e. The average Bonchev–Trinajstić information content (AvgIpc) is 3.35. The molecular weight excluding hydrogens is 418 g/mol. The number of carbonyl (C=O) groups excluding carboxylic acids is 2. The molecule has 1 aliphatic heterocycles. The average molecular weight is 448 g/mol. The number of aromatic nitrogens is 2. The van der Waals surface area contributed by atoms with E-state index < -0.39 is 0 Å². The van der Waals surface area contributed by atoms with Crippen molar-refractivity contribution in [3.63, 3.8) is 0 Å². The second-order valence-corrected chi connectivity index (χ2v) is 8.12. The number of amides is 1. The Kier molecular flexibility index (Phi) is 7.65. The Bertz CT molecular complexity index is 1050. The SMILES string of the molecule is COCCOCn1ccnc1C1CCN(C(=O)c2ccc(C(=O)c3ccccc3)cc2)CC1. The van der Waals surface area contributed by atoms with Gasteiger partial charge in [-0.25, -0.2) is 4.98 Å². The van der Waals surface area contributed by atoms with Gasteiger partial charge < -0.3 is 18.9 Å². The maximum atomic E-state index is 13.0. The van der Waals surface area contributed by atoms with Gasteiger partial charge in [0.15, 0.2) is 5.78 Å². The van der Waals surface area contributed by atoms with Crippen molar-refractivity contribution in [2.45, 2.75) is 25.5 Å². The molecule has 0 bridgehead atoms. The van der Waals surface area contributed by atoms with Crippen LogP contribution in [-0.4, -0.2) is 59.6 Å². The van der Waals surface area contributed by atoms with Gasteiger partial charge in [0.25, 0.3) is 5.91 Å². The van der Waals surface area contributed by atoms with Crippen molar-refractivity contribution < 1.29 is 19.1 Å². The molecule has 4 rings (SSSR count). The summed E-state index contributed by atoms with van der Waals surface area (Å²) in [6, 6.07) is 16.1. The van der Waals surface area contributed by atoms with Gasteiger partial charge in [0, 0.05) is 55.2 Å². The summed E-state index contributed by atoms with van der Waals surface area (Å²) in [5, 5.41) is 0. The van der Waals surface area contributed by atoms with E-state index in [1.54, 1.807) is 49.7 Å². The Morgan fingerprint density at radius 2 is 1.61 bits per heavy atom. The Labute approximate surface area is 194 Å². The predicted molar refractivity (Wildman–Crippen MR) is 124 cm³/mol. The van der Waals surface area contributed by atoms with Crippen LogP contribution in [0.5, 0.6) is 0 Å². The van der Waals surface area contributed by atoms with Crippen LogP contribution in [-0.2, 0) is 16.2 Å². The molecular formula is C26H29N3O4. The molecule has 3 aromatic rings. The molecule has 0 radical (unpaired) electrons. The summed E-state index contributed by atoms with van der Waals surface area (Å²) in [4.78, 5) is 32.0. The number of methoxy groups -OCH3 is 1. The van der Waals surface area contributed by atoms with E-state index in [4.69, 9.17) is 9.47 Å². The fraction of sp³-hybridized carbons (Fsp3) is 0.346. The van der Waals surface area contributed by atoms with E-state index in [2.05, 4.69) is 4.98 Å². The third-order valence-electron chi connectivity index (χ3n) is 5.99. The van der Waals surface area contributed by atoms with Crippen molar-refractivity contribution in [3.8, 4) is 0 Å². The van der Waals surface area contributed by atoms with E-state index in [0.29, 0.717) is 55.6 Å². The lowest BCUT2D eigenvalue weighted by atomic mass is 9.95. The van der Waals surface area contributed by atoms with Crippen molar-refractivity contribution in [2.24, 2.45) is 0 Å². The van der Waals surface area contributed by atoms with Crippen molar-refractivity contribution >= 4 is 11.7 Å². The highest BCUT2D eigenvalue weighted by Crippen LogP contribution is 2.28. The molecule has 7 heteroatoms. The minimum Gasteiger partial charge on any atom is -0.382 e. The summed E-state index contributed by atoms with van der Waals surface area (Å²) < 4.78 is 12.7. The van der Waals surface area contributed by atoms with Gasteiger partial charge in [-0.05, 0) is 25.0 Å².